The summed E-state index contributed by atoms with van der Waals surface area (Å²) >= 11 is 0. The number of rotatable bonds is 15. The topological polar surface area (TPSA) is 90.4 Å². The van der Waals surface area contributed by atoms with Crippen LogP contribution in [0.2, 0.25) is 0 Å². The Morgan fingerprint density at radius 3 is 2.42 bits per heavy atom. The van der Waals surface area contributed by atoms with Gasteiger partial charge in [-0.2, -0.15) is 0 Å². The number of fused-ring (bicyclic) bond motifs is 1. The summed E-state index contributed by atoms with van der Waals surface area (Å²) in [6, 6.07) is 8.96. The number of carbonyl (C=O) groups excluding carboxylic acids is 3. The predicted molar refractivity (Wildman–Crippen MR) is 154 cm³/mol. The van der Waals surface area contributed by atoms with E-state index in [9.17, 15) is 19.5 Å². The van der Waals surface area contributed by atoms with E-state index < -0.39 is 29.1 Å². The van der Waals surface area contributed by atoms with Gasteiger partial charge in [0.25, 0.3) is 0 Å². The summed E-state index contributed by atoms with van der Waals surface area (Å²) < 4.78 is 6.80. The van der Waals surface area contributed by atoms with Gasteiger partial charge in [-0.05, 0) is 51.0 Å². The lowest BCUT2D eigenvalue weighted by Gasteiger charge is -2.37. The molecule has 1 N–H and O–H groups in total. The molecule has 2 unspecified atom stereocenters. The Bertz CT molecular complexity index is 1090. The molecule has 0 aromatic heterocycles. The quantitative estimate of drug-likeness (QED) is 0.266. The number of aliphatic hydroxyl groups is 1. The highest BCUT2D eigenvalue weighted by Crippen LogP contribution is 2.63. The van der Waals surface area contributed by atoms with Crippen molar-refractivity contribution in [2.45, 2.75) is 76.2 Å². The van der Waals surface area contributed by atoms with Crippen LogP contribution in [0, 0.1) is 11.8 Å². The van der Waals surface area contributed by atoms with Crippen molar-refractivity contribution in [2.24, 2.45) is 11.8 Å². The highest BCUT2D eigenvalue weighted by molar-refractivity contribution is 5.99. The fraction of sp³-hybridized carbons (Fsp3) is 0.594. The molecular weight excluding hydrogens is 506 g/mol. The molecule has 3 heterocycles. The van der Waals surface area contributed by atoms with Crippen molar-refractivity contribution in [1.82, 2.24) is 14.7 Å². The maximum absolute atomic E-state index is 14.5. The van der Waals surface area contributed by atoms with E-state index in [1.54, 1.807) is 26.9 Å². The molecule has 3 aliphatic heterocycles. The maximum Gasteiger partial charge on any atom is 0.248 e. The number of carbonyl (C=O) groups is 3. The first-order valence-corrected chi connectivity index (χ1v) is 14.7. The summed E-state index contributed by atoms with van der Waals surface area (Å²) in [6.07, 6.45) is 7.41. The van der Waals surface area contributed by atoms with Crippen LogP contribution in [0.5, 0.6) is 0 Å². The van der Waals surface area contributed by atoms with Crippen molar-refractivity contribution in [2.75, 3.05) is 32.8 Å². The largest absolute Gasteiger partial charge is 0.396 e. The average Bonchev–Trinajstić information content (AvgIpc) is 3.51. The molecule has 1 spiro atoms. The Morgan fingerprint density at radius 2 is 1.77 bits per heavy atom. The van der Waals surface area contributed by atoms with Crippen molar-refractivity contribution in [3.05, 3.63) is 61.2 Å². The second kappa shape index (κ2) is 12.7. The average molecular weight is 552 g/mol. The van der Waals surface area contributed by atoms with Crippen LogP contribution < -0.4 is 0 Å². The fourth-order valence-corrected chi connectivity index (χ4v) is 7.17. The number of aliphatic hydroxyl groups excluding tert-OH is 1. The van der Waals surface area contributed by atoms with Crippen molar-refractivity contribution in [1.29, 1.82) is 0 Å². The Hall–Kier alpha value is -2.97. The SMILES string of the molecule is C=CCN(Cc1ccccc1)C(=O)C1N(CCCCCO)C(=O)[C@@H]2[C@H](C(=O)N(CC=C)CCC)[C@]3(C)CCC12O3. The molecule has 3 fully saturated rings. The third-order valence-electron chi connectivity index (χ3n) is 8.87. The van der Waals surface area contributed by atoms with Gasteiger partial charge in [0.2, 0.25) is 17.7 Å². The van der Waals surface area contributed by atoms with Crippen molar-refractivity contribution in [3.8, 4) is 0 Å². The van der Waals surface area contributed by atoms with Gasteiger partial charge >= 0.3 is 0 Å². The molecule has 8 heteroatoms. The molecule has 4 rings (SSSR count). The summed E-state index contributed by atoms with van der Waals surface area (Å²) in [5, 5.41) is 9.28. The number of ether oxygens (including phenoxy) is 1. The minimum absolute atomic E-state index is 0.0850. The third-order valence-corrected chi connectivity index (χ3v) is 8.87. The summed E-state index contributed by atoms with van der Waals surface area (Å²) in [4.78, 5) is 48.0. The van der Waals surface area contributed by atoms with E-state index >= 15 is 0 Å². The number of amides is 3. The summed E-state index contributed by atoms with van der Waals surface area (Å²) in [5.74, 6) is -1.80. The Labute approximate surface area is 238 Å². The summed E-state index contributed by atoms with van der Waals surface area (Å²) in [6.45, 7) is 13.8. The minimum Gasteiger partial charge on any atom is -0.396 e. The molecule has 0 aliphatic carbocycles. The molecular formula is C32H45N3O5. The number of nitrogens with zero attached hydrogens (tertiary/aromatic N) is 3. The van der Waals surface area contributed by atoms with Crippen LogP contribution in [0.25, 0.3) is 0 Å². The van der Waals surface area contributed by atoms with Crippen LogP contribution in [0.3, 0.4) is 0 Å². The fourth-order valence-electron chi connectivity index (χ4n) is 7.17. The molecule has 0 saturated carbocycles. The van der Waals surface area contributed by atoms with Gasteiger partial charge in [0.05, 0.1) is 17.4 Å². The van der Waals surface area contributed by atoms with E-state index in [-0.39, 0.29) is 24.3 Å². The number of unbranched alkanes of at least 4 members (excludes halogenated alkanes) is 2. The number of hydrogen-bond donors (Lipinski definition) is 1. The first-order valence-electron chi connectivity index (χ1n) is 14.7. The number of benzene rings is 1. The van der Waals surface area contributed by atoms with Gasteiger partial charge in [-0.25, -0.2) is 0 Å². The molecule has 0 radical (unpaired) electrons. The van der Waals surface area contributed by atoms with E-state index in [1.807, 2.05) is 44.2 Å². The molecule has 218 valence electrons. The Kier molecular flexibility index (Phi) is 9.52. The summed E-state index contributed by atoms with van der Waals surface area (Å²) in [7, 11) is 0. The number of likely N-dealkylation sites (tertiary alicyclic amines) is 1. The van der Waals surface area contributed by atoms with Gasteiger partial charge in [-0.15, -0.1) is 13.2 Å². The molecule has 3 amide bonds. The van der Waals surface area contributed by atoms with Crippen LogP contribution in [-0.4, -0.2) is 87.6 Å². The van der Waals surface area contributed by atoms with Gasteiger partial charge in [0.15, 0.2) is 0 Å². The minimum atomic E-state index is -1.05. The van der Waals surface area contributed by atoms with Crippen LogP contribution in [0.15, 0.2) is 55.6 Å². The Morgan fingerprint density at radius 1 is 1.07 bits per heavy atom. The first kappa shape index (κ1) is 30.0. The summed E-state index contributed by atoms with van der Waals surface area (Å²) in [5.41, 5.74) is -0.876. The third kappa shape index (κ3) is 5.36. The van der Waals surface area contributed by atoms with E-state index in [1.165, 1.54) is 0 Å². The zero-order chi connectivity index (χ0) is 28.9. The van der Waals surface area contributed by atoms with Crippen molar-refractivity contribution >= 4 is 17.7 Å². The van der Waals surface area contributed by atoms with Crippen molar-refractivity contribution in [3.63, 3.8) is 0 Å². The first-order chi connectivity index (χ1) is 19.3. The zero-order valence-electron chi connectivity index (χ0n) is 24.1. The van der Waals surface area contributed by atoms with Gasteiger partial charge in [0, 0.05) is 39.3 Å². The molecule has 40 heavy (non-hydrogen) atoms. The van der Waals surface area contributed by atoms with E-state index in [0.717, 1.165) is 18.4 Å². The highest BCUT2D eigenvalue weighted by atomic mass is 16.5. The predicted octanol–water partition coefficient (Wildman–Crippen LogP) is 3.55. The second-order valence-electron chi connectivity index (χ2n) is 11.6. The van der Waals surface area contributed by atoms with E-state index in [4.69, 9.17) is 4.74 Å². The lowest BCUT2D eigenvalue weighted by Crippen LogP contribution is -2.56. The van der Waals surface area contributed by atoms with Gasteiger partial charge < -0.3 is 24.5 Å². The van der Waals surface area contributed by atoms with E-state index in [2.05, 4.69) is 13.2 Å². The van der Waals surface area contributed by atoms with Crippen LogP contribution in [-0.2, 0) is 25.7 Å². The normalized spacial score (nSPS) is 28.4. The van der Waals surface area contributed by atoms with Crippen LogP contribution in [0.1, 0.15) is 57.9 Å². The van der Waals surface area contributed by atoms with Crippen molar-refractivity contribution < 1.29 is 24.2 Å². The van der Waals surface area contributed by atoms with Gasteiger partial charge in [0.1, 0.15) is 11.6 Å². The molecule has 3 saturated heterocycles. The van der Waals surface area contributed by atoms with E-state index in [0.29, 0.717) is 58.4 Å². The molecule has 2 bridgehead atoms. The lowest BCUT2D eigenvalue weighted by molar-refractivity contribution is -0.153. The highest BCUT2D eigenvalue weighted by Gasteiger charge is 2.78. The molecule has 5 atom stereocenters. The molecule has 3 aliphatic rings. The molecule has 1 aromatic carbocycles. The van der Waals surface area contributed by atoms with Gasteiger partial charge in [-0.1, -0.05) is 49.4 Å². The smallest absolute Gasteiger partial charge is 0.248 e. The molecule has 8 nitrogen and oxygen atoms in total. The zero-order valence-corrected chi connectivity index (χ0v) is 24.1. The maximum atomic E-state index is 14.5. The second-order valence-corrected chi connectivity index (χ2v) is 11.6. The molecule has 1 aromatic rings. The number of hydrogen-bond acceptors (Lipinski definition) is 5. The standard InChI is InChI=1S/C32H45N3O5/c1-5-18-33(19-6-2)28(37)25-26-29(38)35(21-12-9-13-22-36)27(32(26)17-16-31(25,4)40-32)30(39)34(20-7-3)23-24-14-10-8-11-15-24/h5,7-8,10-11,14-15,25-27,36H,1,3,6,9,12-13,16-23H2,2,4H3/t25-,26+,27?,31+,32?/m1/s1. The van der Waals surface area contributed by atoms with Crippen LogP contribution in [0.4, 0.5) is 0 Å². The van der Waals surface area contributed by atoms with Crippen LogP contribution >= 0.6 is 0 Å². The van der Waals surface area contributed by atoms with Gasteiger partial charge in [-0.3, -0.25) is 14.4 Å². The Balaban J connectivity index is 1.73. The lowest BCUT2D eigenvalue weighted by atomic mass is 9.66. The monoisotopic (exact) mass is 551 g/mol.